The minimum Gasteiger partial charge on any atom is -0.315 e. The van der Waals surface area contributed by atoms with Crippen LogP contribution in [0.3, 0.4) is 0 Å². The Morgan fingerprint density at radius 1 is 1.29 bits per heavy atom. The molecule has 0 saturated carbocycles. The van der Waals surface area contributed by atoms with Crippen molar-refractivity contribution in [3.63, 3.8) is 0 Å². The molecule has 0 radical (unpaired) electrons. The molecule has 1 N–H and O–H groups in total. The highest BCUT2D eigenvalue weighted by molar-refractivity contribution is 5.24. The largest absolute Gasteiger partial charge is 0.315 e. The van der Waals surface area contributed by atoms with E-state index in [1.165, 1.54) is 11.3 Å². The fourth-order valence-electron chi connectivity index (χ4n) is 1.59. The third-order valence-corrected chi connectivity index (χ3v) is 2.85. The van der Waals surface area contributed by atoms with Crippen molar-refractivity contribution in [2.24, 2.45) is 0 Å². The highest BCUT2D eigenvalue weighted by atomic mass is 15.0. The molecule has 0 amide bonds. The minimum atomic E-state index is 0.212. The van der Waals surface area contributed by atoms with Gasteiger partial charge >= 0.3 is 0 Å². The van der Waals surface area contributed by atoms with Crippen molar-refractivity contribution in [1.29, 1.82) is 0 Å². The van der Waals surface area contributed by atoms with Gasteiger partial charge in [-0.15, -0.1) is 0 Å². The maximum Gasteiger partial charge on any atom is 0.0460 e. The van der Waals surface area contributed by atoms with E-state index < -0.39 is 0 Å². The Labute approximate surface area is 85.7 Å². The molecule has 0 aliphatic carbocycles. The van der Waals surface area contributed by atoms with Crippen LogP contribution in [0, 0.1) is 0 Å². The van der Waals surface area contributed by atoms with Crippen molar-refractivity contribution in [1.82, 2.24) is 10.3 Å². The van der Waals surface area contributed by atoms with Crippen molar-refractivity contribution in [2.45, 2.75) is 32.1 Å². The molecule has 1 saturated heterocycles. The predicted molar refractivity (Wildman–Crippen MR) is 58.5 cm³/mol. The number of hydrogen-bond donors (Lipinski definition) is 1. The maximum atomic E-state index is 4.53. The first-order valence-corrected chi connectivity index (χ1v) is 5.24. The molecule has 1 fully saturated rings. The summed E-state index contributed by atoms with van der Waals surface area (Å²) in [5.74, 6) is 0.643. The van der Waals surface area contributed by atoms with Gasteiger partial charge in [-0.1, -0.05) is 26.8 Å². The van der Waals surface area contributed by atoms with Gasteiger partial charge in [-0.2, -0.15) is 0 Å². The molecule has 2 heteroatoms. The van der Waals surface area contributed by atoms with Crippen molar-refractivity contribution in [3.05, 3.63) is 29.6 Å². The summed E-state index contributed by atoms with van der Waals surface area (Å²) in [5.41, 5.74) is 2.76. The van der Waals surface area contributed by atoms with E-state index in [1.54, 1.807) is 0 Å². The van der Waals surface area contributed by atoms with Gasteiger partial charge in [0.15, 0.2) is 0 Å². The molecule has 1 aliphatic heterocycles. The Bertz CT molecular complexity index is 304. The van der Waals surface area contributed by atoms with Crippen molar-refractivity contribution in [3.8, 4) is 0 Å². The molecule has 0 aromatic carbocycles. The van der Waals surface area contributed by atoms with E-state index in [0.717, 1.165) is 13.1 Å². The SMILES string of the molecule is CC(C)(C)c1ccc(C2CNC2)nc1. The van der Waals surface area contributed by atoms with Crippen LogP contribution in [0.1, 0.15) is 37.9 Å². The first-order chi connectivity index (χ1) is 6.57. The predicted octanol–water partition coefficient (Wildman–Crippen LogP) is 2.07. The number of pyridine rings is 1. The summed E-state index contributed by atoms with van der Waals surface area (Å²) in [6, 6.07) is 4.38. The monoisotopic (exact) mass is 190 g/mol. The molecule has 1 aromatic rings. The fraction of sp³-hybridized carbons (Fsp3) is 0.583. The van der Waals surface area contributed by atoms with Gasteiger partial charge in [0.2, 0.25) is 0 Å². The molecule has 2 heterocycles. The highest BCUT2D eigenvalue weighted by Gasteiger charge is 2.21. The van der Waals surface area contributed by atoms with Crippen LogP contribution in [-0.2, 0) is 5.41 Å². The lowest BCUT2D eigenvalue weighted by Gasteiger charge is -2.27. The Morgan fingerprint density at radius 3 is 2.36 bits per heavy atom. The van der Waals surface area contributed by atoms with Gasteiger partial charge < -0.3 is 5.32 Å². The van der Waals surface area contributed by atoms with Crippen LogP contribution in [0.2, 0.25) is 0 Å². The lowest BCUT2D eigenvalue weighted by Crippen LogP contribution is -2.40. The van der Waals surface area contributed by atoms with Gasteiger partial charge in [0.05, 0.1) is 0 Å². The summed E-state index contributed by atoms with van der Waals surface area (Å²) in [7, 11) is 0. The molecule has 2 rings (SSSR count). The van der Waals surface area contributed by atoms with Crippen molar-refractivity contribution >= 4 is 0 Å². The van der Waals surface area contributed by atoms with Gasteiger partial charge in [0.1, 0.15) is 0 Å². The quantitative estimate of drug-likeness (QED) is 0.733. The number of nitrogens with one attached hydrogen (secondary N) is 1. The Kier molecular flexibility index (Phi) is 2.31. The number of nitrogens with zero attached hydrogens (tertiary/aromatic N) is 1. The van der Waals surface area contributed by atoms with Crippen LogP contribution in [0.4, 0.5) is 0 Å². The van der Waals surface area contributed by atoms with E-state index in [2.05, 4.69) is 43.2 Å². The zero-order valence-electron chi connectivity index (χ0n) is 9.17. The number of aromatic nitrogens is 1. The van der Waals surface area contributed by atoms with Gasteiger partial charge in [-0.3, -0.25) is 4.98 Å². The molecule has 76 valence electrons. The minimum absolute atomic E-state index is 0.212. The lowest BCUT2D eigenvalue weighted by molar-refractivity contribution is 0.439. The molecular formula is C12H18N2. The third kappa shape index (κ3) is 1.80. The van der Waals surface area contributed by atoms with Crippen LogP contribution in [-0.4, -0.2) is 18.1 Å². The fourth-order valence-corrected chi connectivity index (χ4v) is 1.59. The second-order valence-corrected chi connectivity index (χ2v) is 5.08. The molecule has 14 heavy (non-hydrogen) atoms. The summed E-state index contributed by atoms with van der Waals surface area (Å²) in [6.45, 7) is 8.82. The zero-order chi connectivity index (χ0) is 10.2. The summed E-state index contributed by atoms with van der Waals surface area (Å²) in [6.07, 6.45) is 2.02. The maximum absolute atomic E-state index is 4.53. The average molecular weight is 190 g/mol. The van der Waals surface area contributed by atoms with Gasteiger partial charge in [-0.05, 0) is 17.0 Å². The molecule has 1 aromatic heterocycles. The summed E-state index contributed by atoms with van der Waals surface area (Å²) >= 11 is 0. The Balaban J connectivity index is 2.17. The van der Waals surface area contributed by atoms with E-state index in [0.29, 0.717) is 5.92 Å². The molecule has 1 aliphatic rings. The van der Waals surface area contributed by atoms with Crippen LogP contribution >= 0.6 is 0 Å². The third-order valence-electron chi connectivity index (χ3n) is 2.85. The normalized spacial score (nSPS) is 17.9. The first-order valence-electron chi connectivity index (χ1n) is 5.24. The Morgan fingerprint density at radius 2 is 2.00 bits per heavy atom. The second-order valence-electron chi connectivity index (χ2n) is 5.08. The molecular weight excluding hydrogens is 172 g/mol. The highest BCUT2D eigenvalue weighted by Crippen LogP contribution is 2.23. The van der Waals surface area contributed by atoms with Gasteiger partial charge in [-0.25, -0.2) is 0 Å². The molecule has 0 atom stereocenters. The molecule has 0 unspecified atom stereocenters. The lowest BCUT2D eigenvalue weighted by atomic mass is 9.87. The van der Waals surface area contributed by atoms with Gasteiger partial charge in [0.25, 0.3) is 0 Å². The van der Waals surface area contributed by atoms with E-state index in [-0.39, 0.29) is 5.41 Å². The van der Waals surface area contributed by atoms with Crippen LogP contribution in [0.5, 0.6) is 0 Å². The standard InChI is InChI=1S/C12H18N2/c1-12(2,3)10-4-5-11(14-8-10)9-6-13-7-9/h4-5,8-9,13H,6-7H2,1-3H3. The van der Waals surface area contributed by atoms with E-state index in [9.17, 15) is 0 Å². The summed E-state index contributed by atoms with van der Waals surface area (Å²) < 4.78 is 0. The van der Waals surface area contributed by atoms with Crippen LogP contribution < -0.4 is 5.32 Å². The topological polar surface area (TPSA) is 24.9 Å². The van der Waals surface area contributed by atoms with Crippen molar-refractivity contribution < 1.29 is 0 Å². The van der Waals surface area contributed by atoms with E-state index in [4.69, 9.17) is 0 Å². The van der Waals surface area contributed by atoms with Crippen LogP contribution in [0.25, 0.3) is 0 Å². The molecule has 2 nitrogen and oxygen atoms in total. The van der Waals surface area contributed by atoms with Crippen molar-refractivity contribution in [2.75, 3.05) is 13.1 Å². The Hall–Kier alpha value is -0.890. The average Bonchev–Trinajstić information content (AvgIpc) is 2.00. The van der Waals surface area contributed by atoms with E-state index in [1.807, 2.05) is 6.20 Å². The summed E-state index contributed by atoms with van der Waals surface area (Å²) in [5, 5.41) is 3.26. The number of hydrogen-bond acceptors (Lipinski definition) is 2. The number of rotatable bonds is 1. The molecule has 0 bridgehead atoms. The molecule has 0 spiro atoms. The second kappa shape index (κ2) is 3.35. The van der Waals surface area contributed by atoms with Gasteiger partial charge in [0, 0.05) is 30.9 Å². The first kappa shape index (κ1) is 9.66. The smallest absolute Gasteiger partial charge is 0.0460 e. The zero-order valence-corrected chi connectivity index (χ0v) is 9.17. The summed E-state index contributed by atoms with van der Waals surface area (Å²) in [4.78, 5) is 4.53. The van der Waals surface area contributed by atoms with Crippen LogP contribution in [0.15, 0.2) is 18.3 Å². The van der Waals surface area contributed by atoms with E-state index >= 15 is 0 Å².